The highest BCUT2D eigenvalue weighted by atomic mass is 16.5. The van der Waals surface area contributed by atoms with Crippen LogP contribution in [-0.4, -0.2) is 32.4 Å². The number of hydrogen-bond donors (Lipinski definition) is 2. The largest absolute Gasteiger partial charge is 0.491 e. The molecule has 1 saturated carbocycles. The first-order chi connectivity index (χ1) is 9.69. The van der Waals surface area contributed by atoms with Crippen LogP contribution in [0.1, 0.15) is 19.8 Å². The normalized spacial score (nSPS) is 15.5. The minimum absolute atomic E-state index is 0.155. The SMILES string of the molecule is COCCOc1ccc(NC(=O)NC(C)C2CC2)cc1. The number of amides is 2. The highest BCUT2D eigenvalue weighted by Crippen LogP contribution is 2.32. The topological polar surface area (TPSA) is 59.6 Å². The van der Waals surface area contributed by atoms with Gasteiger partial charge in [-0.1, -0.05) is 0 Å². The third-order valence-electron chi connectivity index (χ3n) is 3.36. The number of rotatable bonds is 7. The molecule has 110 valence electrons. The molecule has 2 amide bonds. The fourth-order valence-corrected chi connectivity index (χ4v) is 1.97. The van der Waals surface area contributed by atoms with Crippen LogP contribution in [-0.2, 0) is 4.74 Å². The Hall–Kier alpha value is -1.75. The molecule has 1 aromatic carbocycles. The lowest BCUT2D eigenvalue weighted by Gasteiger charge is -2.14. The zero-order valence-electron chi connectivity index (χ0n) is 12.0. The number of carbonyl (C=O) groups excluding carboxylic acids is 1. The van der Waals surface area contributed by atoms with Crippen LogP contribution in [0.15, 0.2) is 24.3 Å². The fourth-order valence-electron chi connectivity index (χ4n) is 1.97. The first kappa shape index (κ1) is 14.7. The van der Waals surface area contributed by atoms with E-state index in [1.54, 1.807) is 7.11 Å². The lowest BCUT2D eigenvalue weighted by molar-refractivity contribution is 0.146. The Morgan fingerprint density at radius 1 is 1.30 bits per heavy atom. The number of carbonyl (C=O) groups is 1. The van der Waals surface area contributed by atoms with Crippen molar-refractivity contribution >= 4 is 11.7 Å². The van der Waals surface area contributed by atoms with Gasteiger partial charge < -0.3 is 20.1 Å². The van der Waals surface area contributed by atoms with Crippen LogP contribution in [0.3, 0.4) is 0 Å². The third kappa shape index (κ3) is 4.74. The molecule has 0 aliphatic heterocycles. The number of methoxy groups -OCH3 is 1. The Morgan fingerprint density at radius 3 is 2.60 bits per heavy atom. The predicted molar refractivity (Wildman–Crippen MR) is 78.2 cm³/mol. The average Bonchev–Trinajstić information content (AvgIpc) is 3.25. The second kappa shape index (κ2) is 7.14. The van der Waals surface area contributed by atoms with Gasteiger partial charge in [0.25, 0.3) is 0 Å². The summed E-state index contributed by atoms with van der Waals surface area (Å²) in [4.78, 5) is 11.8. The lowest BCUT2D eigenvalue weighted by Crippen LogP contribution is -2.37. The van der Waals surface area contributed by atoms with Gasteiger partial charge in [-0.3, -0.25) is 0 Å². The van der Waals surface area contributed by atoms with E-state index in [0.717, 1.165) is 11.4 Å². The van der Waals surface area contributed by atoms with Crippen molar-refractivity contribution in [2.75, 3.05) is 25.6 Å². The summed E-state index contributed by atoms with van der Waals surface area (Å²) < 4.78 is 10.4. The molecule has 5 nitrogen and oxygen atoms in total. The highest BCUT2D eigenvalue weighted by molar-refractivity contribution is 5.89. The van der Waals surface area contributed by atoms with E-state index in [-0.39, 0.29) is 12.1 Å². The van der Waals surface area contributed by atoms with E-state index < -0.39 is 0 Å². The number of urea groups is 1. The molecule has 1 atom stereocenters. The lowest BCUT2D eigenvalue weighted by atomic mass is 10.2. The van der Waals surface area contributed by atoms with Gasteiger partial charge in [-0.2, -0.15) is 0 Å². The summed E-state index contributed by atoms with van der Waals surface area (Å²) in [5.74, 6) is 1.41. The maximum Gasteiger partial charge on any atom is 0.319 e. The number of hydrogen-bond acceptors (Lipinski definition) is 3. The molecule has 1 aliphatic rings. The minimum Gasteiger partial charge on any atom is -0.491 e. The Kier molecular flexibility index (Phi) is 5.24. The molecule has 0 heterocycles. The van der Waals surface area contributed by atoms with Crippen LogP contribution in [0.5, 0.6) is 5.75 Å². The van der Waals surface area contributed by atoms with Crippen LogP contribution in [0.2, 0.25) is 0 Å². The molecule has 0 saturated heterocycles. The molecule has 0 bridgehead atoms. The number of ether oxygens (including phenoxy) is 2. The summed E-state index contributed by atoms with van der Waals surface area (Å²) in [7, 11) is 1.64. The third-order valence-corrected chi connectivity index (χ3v) is 3.36. The first-order valence-electron chi connectivity index (χ1n) is 6.98. The second-order valence-corrected chi connectivity index (χ2v) is 5.09. The molecule has 5 heteroatoms. The van der Waals surface area contributed by atoms with Crippen LogP contribution in [0.25, 0.3) is 0 Å². The number of anilines is 1. The van der Waals surface area contributed by atoms with Gasteiger partial charge in [0, 0.05) is 18.8 Å². The van der Waals surface area contributed by atoms with Crippen molar-refractivity contribution in [3.05, 3.63) is 24.3 Å². The van der Waals surface area contributed by atoms with Crippen molar-refractivity contribution < 1.29 is 14.3 Å². The predicted octanol–water partition coefficient (Wildman–Crippen LogP) is 2.63. The van der Waals surface area contributed by atoms with Crippen molar-refractivity contribution in [2.45, 2.75) is 25.8 Å². The van der Waals surface area contributed by atoms with E-state index in [2.05, 4.69) is 10.6 Å². The molecule has 2 rings (SSSR count). The molecule has 2 N–H and O–H groups in total. The highest BCUT2D eigenvalue weighted by Gasteiger charge is 2.28. The summed E-state index contributed by atoms with van der Waals surface area (Å²) in [5.41, 5.74) is 0.754. The van der Waals surface area contributed by atoms with Crippen LogP contribution < -0.4 is 15.4 Å². The Balaban J connectivity index is 1.75. The standard InChI is InChI=1S/C15H22N2O3/c1-11(12-3-4-12)16-15(18)17-13-5-7-14(8-6-13)20-10-9-19-2/h5-8,11-12H,3-4,9-10H2,1-2H3,(H2,16,17,18). The summed E-state index contributed by atoms with van der Waals surface area (Å²) in [6, 6.07) is 7.39. The number of benzene rings is 1. The molecule has 1 fully saturated rings. The quantitative estimate of drug-likeness (QED) is 0.754. The zero-order chi connectivity index (χ0) is 14.4. The van der Waals surface area contributed by atoms with Gasteiger partial charge >= 0.3 is 6.03 Å². The summed E-state index contributed by atoms with van der Waals surface area (Å²) in [6.07, 6.45) is 2.43. The molecular weight excluding hydrogens is 256 g/mol. The van der Waals surface area contributed by atoms with E-state index in [9.17, 15) is 4.79 Å². The van der Waals surface area contributed by atoms with Crippen LogP contribution >= 0.6 is 0 Å². The van der Waals surface area contributed by atoms with E-state index >= 15 is 0 Å². The van der Waals surface area contributed by atoms with Gasteiger partial charge in [0.15, 0.2) is 0 Å². The second-order valence-electron chi connectivity index (χ2n) is 5.09. The number of nitrogens with one attached hydrogen (secondary N) is 2. The summed E-state index contributed by atoms with van der Waals surface area (Å²) >= 11 is 0. The molecule has 1 aromatic rings. The van der Waals surface area contributed by atoms with Gasteiger partial charge in [-0.15, -0.1) is 0 Å². The van der Waals surface area contributed by atoms with Gasteiger partial charge in [-0.25, -0.2) is 4.79 Å². The molecule has 0 radical (unpaired) electrons. The van der Waals surface area contributed by atoms with Gasteiger partial charge in [0.1, 0.15) is 12.4 Å². The zero-order valence-corrected chi connectivity index (χ0v) is 12.0. The molecular formula is C15H22N2O3. The van der Waals surface area contributed by atoms with E-state index in [1.165, 1.54) is 12.8 Å². The van der Waals surface area contributed by atoms with Crippen molar-refractivity contribution in [3.8, 4) is 5.75 Å². The Labute approximate surface area is 119 Å². The van der Waals surface area contributed by atoms with E-state index in [4.69, 9.17) is 9.47 Å². The summed E-state index contributed by atoms with van der Waals surface area (Å²) in [5, 5.41) is 5.77. The van der Waals surface area contributed by atoms with Crippen molar-refractivity contribution in [1.82, 2.24) is 5.32 Å². The average molecular weight is 278 g/mol. The van der Waals surface area contributed by atoms with Gasteiger partial charge in [0.2, 0.25) is 0 Å². The molecule has 0 aromatic heterocycles. The molecule has 1 unspecified atom stereocenters. The van der Waals surface area contributed by atoms with Crippen LogP contribution in [0.4, 0.5) is 10.5 Å². The van der Waals surface area contributed by atoms with Crippen molar-refractivity contribution in [2.24, 2.45) is 5.92 Å². The van der Waals surface area contributed by atoms with Crippen molar-refractivity contribution in [1.29, 1.82) is 0 Å². The van der Waals surface area contributed by atoms with Gasteiger partial charge in [0.05, 0.1) is 6.61 Å². The van der Waals surface area contributed by atoms with Crippen molar-refractivity contribution in [3.63, 3.8) is 0 Å². The monoisotopic (exact) mass is 278 g/mol. The first-order valence-corrected chi connectivity index (χ1v) is 6.98. The maximum atomic E-state index is 11.8. The summed E-state index contributed by atoms with van der Waals surface area (Å²) in [6.45, 7) is 3.12. The molecule has 1 aliphatic carbocycles. The Morgan fingerprint density at radius 2 is 2.00 bits per heavy atom. The Bertz CT molecular complexity index is 429. The minimum atomic E-state index is -0.155. The van der Waals surface area contributed by atoms with Crippen LogP contribution in [0, 0.1) is 5.92 Å². The fraction of sp³-hybridized carbons (Fsp3) is 0.533. The molecule has 0 spiro atoms. The van der Waals surface area contributed by atoms with E-state index in [0.29, 0.717) is 19.1 Å². The molecule has 20 heavy (non-hydrogen) atoms. The maximum absolute atomic E-state index is 11.8. The van der Waals surface area contributed by atoms with Gasteiger partial charge in [-0.05, 0) is 49.9 Å². The smallest absolute Gasteiger partial charge is 0.319 e. The van der Waals surface area contributed by atoms with E-state index in [1.807, 2.05) is 31.2 Å².